The van der Waals surface area contributed by atoms with Gasteiger partial charge >= 0.3 is 0 Å². The molecule has 0 aromatic heterocycles. The maximum atomic E-state index is 10.3. The Bertz CT molecular complexity index is 438. The molecule has 1 aliphatic heterocycles. The molecule has 2 aliphatic carbocycles. The second kappa shape index (κ2) is 8.03. The van der Waals surface area contributed by atoms with Crippen molar-refractivity contribution in [3.8, 4) is 0 Å². The molecule has 25 heavy (non-hydrogen) atoms. The van der Waals surface area contributed by atoms with Gasteiger partial charge in [-0.2, -0.15) is 11.8 Å². The van der Waals surface area contributed by atoms with Crippen LogP contribution in [0.5, 0.6) is 0 Å². The van der Waals surface area contributed by atoms with Gasteiger partial charge in [0.1, 0.15) is 24.4 Å². The van der Waals surface area contributed by atoms with Crippen LogP contribution < -0.4 is 0 Å². The highest BCUT2D eigenvalue weighted by molar-refractivity contribution is 8.00. The third kappa shape index (κ3) is 4.36. The number of thioether (sulfide) groups is 1. The molecule has 1 saturated heterocycles. The van der Waals surface area contributed by atoms with Crippen LogP contribution >= 0.6 is 11.8 Å². The van der Waals surface area contributed by atoms with E-state index in [1.165, 1.54) is 32.1 Å². The van der Waals surface area contributed by atoms with Crippen LogP contribution in [0.1, 0.15) is 58.8 Å². The highest BCUT2D eigenvalue weighted by Crippen LogP contribution is 2.51. The van der Waals surface area contributed by atoms with Crippen LogP contribution in [0.3, 0.4) is 0 Å². The van der Waals surface area contributed by atoms with E-state index in [0.717, 1.165) is 11.7 Å². The number of ether oxygens (including phenoxy) is 1. The molecule has 5 nitrogen and oxygen atoms in total. The van der Waals surface area contributed by atoms with Gasteiger partial charge in [-0.1, -0.05) is 26.7 Å². The molecular weight excluding hydrogens is 340 g/mol. The fraction of sp³-hybridized carbons (Fsp3) is 1.00. The summed E-state index contributed by atoms with van der Waals surface area (Å²) in [6, 6.07) is 0. The van der Waals surface area contributed by atoms with Gasteiger partial charge in [-0.15, -0.1) is 0 Å². The maximum Gasteiger partial charge on any atom is 0.111 e. The molecule has 3 fully saturated rings. The Morgan fingerprint density at radius 2 is 1.60 bits per heavy atom. The SMILES string of the molecule is CC1(C)CC(SC2CCCC2)CC1CC1O[C@H](CO)[C@H](O)[C@H](O)[C@H]1O. The molecule has 3 rings (SSSR count). The average molecular weight is 375 g/mol. The molecule has 4 N–H and O–H groups in total. The molecule has 0 aromatic rings. The summed E-state index contributed by atoms with van der Waals surface area (Å²) in [6.45, 7) is 4.23. The van der Waals surface area contributed by atoms with Crippen molar-refractivity contribution in [2.75, 3.05) is 6.61 Å². The van der Waals surface area contributed by atoms with Crippen LogP contribution in [0.25, 0.3) is 0 Å². The number of hydrogen-bond donors (Lipinski definition) is 4. The molecule has 2 saturated carbocycles. The molecule has 7 atom stereocenters. The normalized spacial score (nSPS) is 45.1. The molecule has 6 heteroatoms. The summed E-state index contributed by atoms with van der Waals surface area (Å²) in [5.41, 5.74) is 0.176. The highest BCUT2D eigenvalue weighted by atomic mass is 32.2. The van der Waals surface area contributed by atoms with E-state index < -0.39 is 30.5 Å². The van der Waals surface area contributed by atoms with Crippen molar-refractivity contribution in [1.82, 2.24) is 0 Å². The second-order valence-electron chi connectivity index (χ2n) is 8.89. The fourth-order valence-corrected chi connectivity index (χ4v) is 6.96. The summed E-state index contributed by atoms with van der Waals surface area (Å²) in [7, 11) is 0. The fourth-order valence-electron chi connectivity index (χ4n) is 4.94. The Kier molecular flexibility index (Phi) is 6.39. The lowest BCUT2D eigenvalue weighted by Crippen LogP contribution is -2.58. The van der Waals surface area contributed by atoms with E-state index in [-0.39, 0.29) is 12.0 Å². The molecule has 0 spiro atoms. The van der Waals surface area contributed by atoms with Crippen molar-refractivity contribution in [2.45, 2.75) is 99.8 Å². The molecule has 3 aliphatic rings. The summed E-state index contributed by atoms with van der Waals surface area (Å²) >= 11 is 2.16. The summed E-state index contributed by atoms with van der Waals surface area (Å²) in [5.74, 6) is 0.410. The molecule has 0 aromatic carbocycles. The molecule has 1 heterocycles. The molecule has 0 amide bonds. The zero-order valence-electron chi connectivity index (χ0n) is 15.4. The van der Waals surface area contributed by atoms with E-state index in [2.05, 4.69) is 25.6 Å². The molecule has 146 valence electrons. The van der Waals surface area contributed by atoms with Gasteiger partial charge in [0.05, 0.1) is 12.7 Å². The molecule has 0 radical (unpaired) electrons. The first-order chi connectivity index (χ1) is 11.8. The van der Waals surface area contributed by atoms with Crippen LogP contribution in [-0.4, -0.2) is 68.1 Å². The van der Waals surface area contributed by atoms with E-state index in [1.54, 1.807) is 0 Å². The monoisotopic (exact) mass is 374 g/mol. The summed E-state index contributed by atoms with van der Waals surface area (Å²) in [6.07, 6.45) is 3.42. The predicted octanol–water partition coefficient (Wildman–Crippen LogP) is 1.70. The maximum absolute atomic E-state index is 10.3. The lowest BCUT2D eigenvalue weighted by molar-refractivity contribution is -0.233. The predicted molar refractivity (Wildman–Crippen MR) is 98.5 cm³/mol. The van der Waals surface area contributed by atoms with E-state index >= 15 is 0 Å². The van der Waals surface area contributed by atoms with Gasteiger partial charge in [0.25, 0.3) is 0 Å². The smallest absolute Gasteiger partial charge is 0.111 e. The lowest BCUT2D eigenvalue weighted by Gasteiger charge is -2.42. The Labute approximate surface area is 155 Å². The van der Waals surface area contributed by atoms with Gasteiger partial charge in [-0.25, -0.2) is 0 Å². The van der Waals surface area contributed by atoms with Gasteiger partial charge < -0.3 is 25.2 Å². The zero-order valence-corrected chi connectivity index (χ0v) is 16.2. The van der Waals surface area contributed by atoms with Crippen LogP contribution in [0.2, 0.25) is 0 Å². The largest absolute Gasteiger partial charge is 0.394 e. The number of rotatable bonds is 5. The van der Waals surface area contributed by atoms with Crippen LogP contribution in [-0.2, 0) is 4.74 Å². The van der Waals surface area contributed by atoms with Gasteiger partial charge in [0.15, 0.2) is 0 Å². The van der Waals surface area contributed by atoms with Crippen molar-refractivity contribution in [2.24, 2.45) is 11.3 Å². The molecular formula is C19H34O5S. The third-order valence-corrected chi connectivity index (χ3v) is 8.20. The minimum atomic E-state index is -1.26. The number of hydrogen-bond acceptors (Lipinski definition) is 6. The minimum absolute atomic E-state index is 0.176. The van der Waals surface area contributed by atoms with Gasteiger partial charge in [0.2, 0.25) is 0 Å². The Morgan fingerprint density at radius 1 is 0.960 bits per heavy atom. The quantitative estimate of drug-likeness (QED) is 0.586. The first kappa shape index (κ1) is 19.9. The molecule has 0 bridgehead atoms. The Balaban J connectivity index is 1.60. The first-order valence-corrected chi connectivity index (χ1v) is 10.7. The van der Waals surface area contributed by atoms with E-state index in [4.69, 9.17) is 4.74 Å². The van der Waals surface area contributed by atoms with Crippen molar-refractivity contribution in [1.29, 1.82) is 0 Å². The van der Waals surface area contributed by atoms with Crippen LogP contribution in [0, 0.1) is 11.3 Å². The first-order valence-electron chi connectivity index (χ1n) is 9.78. The topological polar surface area (TPSA) is 90.2 Å². The van der Waals surface area contributed by atoms with E-state index in [9.17, 15) is 20.4 Å². The summed E-state index contributed by atoms with van der Waals surface area (Å²) < 4.78 is 5.74. The Morgan fingerprint density at radius 3 is 2.24 bits per heavy atom. The van der Waals surface area contributed by atoms with Gasteiger partial charge in [-0.05, 0) is 43.4 Å². The summed E-state index contributed by atoms with van der Waals surface area (Å²) in [5, 5.41) is 41.1. The minimum Gasteiger partial charge on any atom is -0.394 e. The second-order valence-corrected chi connectivity index (χ2v) is 10.5. The zero-order chi connectivity index (χ0) is 18.2. The average Bonchev–Trinajstić information content (AvgIpc) is 3.16. The van der Waals surface area contributed by atoms with Crippen molar-refractivity contribution in [3.05, 3.63) is 0 Å². The van der Waals surface area contributed by atoms with Crippen molar-refractivity contribution in [3.63, 3.8) is 0 Å². The summed E-state index contributed by atoms with van der Waals surface area (Å²) in [4.78, 5) is 0. The number of aliphatic hydroxyl groups is 4. The molecule has 3 unspecified atom stereocenters. The standard InChI is InChI=1S/C19H34O5S/c1-19(2)9-13(25-12-5-3-4-6-12)7-11(19)8-14-16(21)18(23)17(22)15(10-20)24-14/h11-18,20-23H,3-10H2,1-2H3/t11?,13?,14?,15-,16+,17+,18-/m1/s1. The third-order valence-electron chi connectivity index (χ3n) is 6.60. The van der Waals surface area contributed by atoms with Crippen molar-refractivity contribution < 1.29 is 25.2 Å². The van der Waals surface area contributed by atoms with E-state index in [0.29, 0.717) is 17.6 Å². The van der Waals surface area contributed by atoms with E-state index in [1.807, 2.05) is 0 Å². The van der Waals surface area contributed by atoms with Gasteiger partial charge in [0, 0.05) is 10.5 Å². The Hall–Kier alpha value is 0.150. The lowest BCUT2D eigenvalue weighted by atomic mass is 9.77. The van der Waals surface area contributed by atoms with Crippen LogP contribution in [0.4, 0.5) is 0 Å². The van der Waals surface area contributed by atoms with Crippen molar-refractivity contribution >= 4 is 11.8 Å². The number of aliphatic hydroxyl groups excluding tert-OH is 4. The highest BCUT2D eigenvalue weighted by Gasteiger charge is 2.48. The van der Waals surface area contributed by atoms with Crippen LogP contribution in [0.15, 0.2) is 0 Å². The van der Waals surface area contributed by atoms with Gasteiger partial charge in [-0.3, -0.25) is 0 Å².